The maximum Gasteiger partial charge on any atom is 0.191 e. The molecule has 0 bridgehead atoms. The van der Waals surface area contributed by atoms with Crippen LogP contribution in [0.15, 0.2) is 41.6 Å². The molecule has 1 unspecified atom stereocenters. The summed E-state index contributed by atoms with van der Waals surface area (Å²) in [5, 5.41) is 1.78. The fourth-order valence-electron chi connectivity index (χ4n) is 3.37. The van der Waals surface area contributed by atoms with Crippen molar-refractivity contribution in [2.45, 2.75) is 44.1 Å². The second kappa shape index (κ2) is 8.42. The van der Waals surface area contributed by atoms with E-state index in [1.807, 2.05) is 18.2 Å². The molecule has 0 spiro atoms. The summed E-state index contributed by atoms with van der Waals surface area (Å²) in [5.74, 6) is 1.41. The van der Waals surface area contributed by atoms with Crippen LogP contribution in [0.4, 0.5) is 5.82 Å². The minimum absolute atomic E-state index is 0.289. The highest BCUT2D eigenvalue weighted by Gasteiger charge is 2.25. The van der Waals surface area contributed by atoms with Gasteiger partial charge < -0.3 is 10.5 Å². The van der Waals surface area contributed by atoms with Crippen LogP contribution in [0, 0.1) is 0 Å². The van der Waals surface area contributed by atoms with Gasteiger partial charge in [-0.3, -0.25) is 0 Å². The van der Waals surface area contributed by atoms with E-state index in [0.29, 0.717) is 12.4 Å². The third-order valence-corrected chi connectivity index (χ3v) is 6.55. The van der Waals surface area contributed by atoms with E-state index in [0.717, 1.165) is 40.4 Å². The van der Waals surface area contributed by atoms with E-state index in [-0.39, 0.29) is 6.10 Å². The predicted octanol–water partition coefficient (Wildman–Crippen LogP) is 5.32. The molecule has 2 N–H and O–H groups in total. The molecule has 0 radical (unpaired) electrons. The van der Waals surface area contributed by atoms with Crippen LogP contribution in [0.5, 0.6) is 0 Å². The number of aromatic nitrogens is 2. The Kier molecular flexibility index (Phi) is 5.76. The summed E-state index contributed by atoms with van der Waals surface area (Å²) in [6.45, 7) is 2.86. The van der Waals surface area contributed by atoms with Gasteiger partial charge in [-0.15, -0.1) is 11.3 Å². The molecule has 140 valence electrons. The number of anilines is 1. The minimum Gasteiger partial charge on any atom is -0.383 e. The molecular formula is C21H23N3OS2. The lowest BCUT2D eigenvalue weighted by molar-refractivity contribution is 0.0254. The van der Waals surface area contributed by atoms with Crippen LogP contribution in [0.3, 0.4) is 0 Å². The van der Waals surface area contributed by atoms with Gasteiger partial charge in [0.05, 0.1) is 18.1 Å². The quantitative estimate of drug-likeness (QED) is 0.450. The fraction of sp³-hybridized carbons (Fsp3) is 0.333. The van der Waals surface area contributed by atoms with Gasteiger partial charge >= 0.3 is 0 Å². The van der Waals surface area contributed by atoms with Gasteiger partial charge in [0.1, 0.15) is 10.6 Å². The molecule has 4 nitrogen and oxygen atoms in total. The van der Waals surface area contributed by atoms with E-state index in [4.69, 9.17) is 15.5 Å². The molecule has 0 saturated heterocycles. The van der Waals surface area contributed by atoms with Gasteiger partial charge in [-0.1, -0.05) is 67.6 Å². The summed E-state index contributed by atoms with van der Waals surface area (Å²) < 4.78 is 5.97. The molecule has 6 heteroatoms. The SMILES string of the molecule is CCCC1Cc2c(sc3nc(SC/C=C/c4ccccc4)nc(N)c23)CO1. The molecule has 3 heterocycles. The molecular weight excluding hydrogens is 374 g/mol. The molecule has 0 fully saturated rings. The number of hydrogen-bond acceptors (Lipinski definition) is 6. The van der Waals surface area contributed by atoms with Gasteiger partial charge in [0.25, 0.3) is 0 Å². The predicted molar refractivity (Wildman–Crippen MR) is 115 cm³/mol. The van der Waals surface area contributed by atoms with Gasteiger partial charge in [0.15, 0.2) is 5.16 Å². The number of nitrogen functional groups attached to an aromatic ring is 1. The van der Waals surface area contributed by atoms with Crippen molar-refractivity contribution < 1.29 is 4.74 Å². The Labute approximate surface area is 167 Å². The number of nitrogens with two attached hydrogens (primary N) is 1. The van der Waals surface area contributed by atoms with E-state index < -0.39 is 0 Å². The number of nitrogens with zero attached hydrogens (tertiary/aromatic N) is 2. The lowest BCUT2D eigenvalue weighted by Gasteiger charge is -2.22. The molecule has 0 amide bonds. The second-order valence-electron chi connectivity index (χ2n) is 6.63. The van der Waals surface area contributed by atoms with E-state index in [9.17, 15) is 0 Å². The Morgan fingerprint density at radius 3 is 2.96 bits per heavy atom. The largest absolute Gasteiger partial charge is 0.383 e. The van der Waals surface area contributed by atoms with Crippen molar-refractivity contribution in [1.29, 1.82) is 0 Å². The summed E-state index contributed by atoms with van der Waals surface area (Å²) in [6.07, 6.45) is 7.67. The first-order chi connectivity index (χ1) is 13.2. The van der Waals surface area contributed by atoms with Gasteiger partial charge in [-0.05, 0) is 17.5 Å². The van der Waals surface area contributed by atoms with Crippen LogP contribution in [0.1, 0.15) is 35.8 Å². The summed E-state index contributed by atoms with van der Waals surface area (Å²) in [6, 6.07) is 10.3. The van der Waals surface area contributed by atoms with E-state index in [2.05, 4.69) is 36.2 Å². The first-order valence-corrected chi connectivity index (χ1v) is 11.1. The van der Waals surface area contributed by atoms with Crippen molar-refractivity contribution in [3.05, 3.63) is 52.4 Å². The number of hydrogen-bond donors (Lipinski definition) is 1. The Bertz CT molecular complexity index is 953. The third-order valence-electron chi connectivity index (χ3n) is 4.65. The van der Waals surface area contributed by atoms with E-state index in [1.54, 1.807) is 23.1 Å². The molecule has 1 atom stereocenters. The number of rotatable bonds is 6. The van der Waals surface area contributed by atoms with Crippen LogP contribution in [-0.4, -0.2) is 21.8 Å². The Morgan fingerprint density at radius 1 is 1.30 bits per heavy atom. The van der Waals surface area contributed by atoms with Gasteiger partial charge in [-0.2, -0.15) is 0 Å². The van der Waals surface area contributed by atoms with Crippen molar-refractivity contribution in [1.82, 2.24) is 9.97 Å². The maximum atomic E-state index is 6.32. The topological polar surface area (TPSA) is 61.0 Å². The zero-order chi connectivity index (χ0) is 18.6. The highest BCUT2D eigenvalue weighted by atomic mass is 32.2. The molecule has 1 aliphatic rings. The van der Waals surface area contributed by atoms with Crippen LogP contribution in [0.25, 0.3) is 16.3 Å². The normalized spacial score (nSPS) is 16.9. The highest BCUT2D eigenvalue weighted by molar-refractivity contribution is 7.99. The molecule has 4 rings (SSSR count). The Balaban J connectivity index is 1.50. The summed E-state index contributed by atoms with van der Waals surface area (Å²) >= 11 is 3.31. The Morgan fingerprint density at radius 2 is 2.15 bits per heavy atom. The summed E-state index contributed by atoms with van der Waals surface area (Å²) in [4.78, 5) is 11.6. The Hall–Kier alpha value is -1.89. The summed E-state index contributed by atoms with van der Waals surface area (Å²) in [7, 11) is 0. The monoisotopic (exact) mass is 397 g/mol. The third kappa shape index (κ3) is 4.18. The first-order valence-electron chi connectivity index (χ1n) is 9.28. The molecule has 3 aromatic rings. The minimum atomic E-state index is 0.289. The van der Waals surface area contributed by atoms with Crippen molar-refractivity contribution in [3.8, 4) is 0 Å². The van der Waals surface area contributed by atoms with Crippen molar-refractivity contribution in [3.63, 3.8) is 0 Å². The van der Waals surface area contributed by atoms with Crippen LogP contribution >= 0.6 is 23.1 Å². The number of thiophene rings is 1. The lowest BCUT2D eigenvalue weighted by Crippen LogP contribution is -2.21. The van der Waals surface area contributed by atoms with Crippen molar-refractivity contribution in [2.24, 2.45) is 0 Å². The average molecular weight is 398 g/mol. The van der Waals surface area contributed by atoms with Gasteiger partial charge in [0.2, 0.25) is 0 Å². The number of ether oxygens (including phenoxy) is 1. The smallest absolute Gasteiger partial charge is 0.191 e. The number of benzene rings is 1. The molecule has 2 aromatic heterocycles. The molecule has 1 aromatic carbocycles. The molecule has 1 aliphatic heterocycles. The van der Waals surface area contributed by atoms with Crippen LogP contribution in [-0.2, 0) is 17.8 Å². The van der Waals surface area contributed by atoms with Crippen molar-refractivity contribution in [2.75, 3.05) is 11.5 Å². The standard InChI is InChI=1S/C21H23N3OS2/c1-2-7-15-12-16-17(13-25-15)27-20-18(16)19(22)23-21(24-20)26-11-6-10-14-8-4-3-5-9-14/h3-6,8-10,15H,2,7,11-13H2,1H3,(H2,22,23,24)/b10-6+. The van der Waals surface area contributed by atoms with Crippen molar-refractivity contribution >= 4 is 45.2 Å². The van der Waals surface area contributed by atoms with Gasteiger partial charge in [0, 0.05) is 17.1 Å². The molecule has 27 heavy (non-hydrogen) atoms. The summed E-state index contributed by atoms with van der Waals surface area (Å²) in [5.41, 5.74) is 8.82. The first kappa shape index (κ1) is 18.5. The highest BCUT2D eigenvalue weighted by Crippen LogP contribution is 2.38. The van der Waals surface area contributed by atoms with E-state index >= 15 is 0 Å². The van der Waals surface area contributed by atoms with E-state index in [1.165, 1.54) is 16.0 Å². The average Bonchev–Trinajstić information content (AvgIpc) is 3.04. The van der Waals surface area contributed by atoms with Gasteiger partial charge in [-0.25, -0.2) is 9.97 Å². The lowest BCUT2D eigenvalue weighted by atomic mass is 10.0. The molecule has 0 aliphatic carbocycles. The fourth-order valence-corrected chi connectivity index (χ4v) is 5.22. The van der Waals surface area contributed by atoms with Crippen LogP contribution < -0.4 is 5.73 Å². The second-order valence-corrected chi connectivity index (χ2v) is 8.70. The maximum absolute atomic E-state index is 6.32. The number of fused-ring (bicyclic) bond motifs is 3. The molecule has 0 saturated carbocycles. The zero-order valence-corrected chi connectivity index (χ0v) is 17.0. The van der Waals surface area contributed by atoms with Crippen LogP contribution in [0.2, 0.25) is 0 Å². The zero-order valence-electron chi connectivity index (χ0n) is 15.4. The number of thioether (sulfide) groups is 1.